The molecule has 0 bridgehead atoms. The molecule has 2 aliphatic heterocycles. The molecule has 0 saturated carbocycles. The first-order valence-electron chi connectivity index (χ1n) is 39.0. The van der Waals surface area contributed by atoms with E-state index < -0.39 is 0 Å². The Morgan fingerprint density at radius 1 is 0.301 bits per heavy atom. The Balaban J connectivity index is 0.987. The molecule has 113 heavy (non-hydrogen) atoms. The van der Waals surface area contributed by atoms with Crippen LogP contribution in [0.2, 0.25) is 0 Å². The molecule has 534 valence electrons. The number of para-hydroxylation sites is 4. The van der Waals surface area contributed by atoms with Gasteiger partial charge in [-0.3, -0.25) is 0 Å². The molecule has 0 unspecified atom stereocenters. The minimum Gasteiger partial charge on any atom is -0.310 e. The highest BCUT2D eigenvalue weighted by molar-refractivity contribution is 7.00. The number of nitrogens with zero attached hydrogens (tertiary/aromatic N) is 6. The number of fused-ring (bicyclic) bond motifs is 10. The Morgan fingerprint density at radius 3 is 1.02 bits per heavy atom. The van der Waals surface area contributed by atoms with Crippen LogP contribution in [0, 0.1) is 17.9 Å². The first kappa shape index (κ1) is 68.1. The summed E-state index contributed by atoms with van der Waals surface area (Å²) in [6.07, 6.45) is 0. The lowest BCUT2D eigenvalue weighted by atomic mass is 9.33. The lowest BCUT2D eigenvalue weighted by Crippen LogP contribution is -2.61. The second-order valence-electron chi connectivity index (χ2n) is 32.2. The van der Waals surface area contributed by atoms with Crippen molar-refractivity contribution in [3.8, 4) is 95.3 Å². The Labute approximate surface area is 660 Å². The third-order valence-electron chi connectivity index (χ3n) is 23.4. The molecule has 0 aliphatic carbocycles. The van der Waals surface area contributed by atoms with Crippen LogP contribution in [0.3, 0.4) is 0 Å². The van der Waals surface area contributed by atoms with E-state index in [2.05, 4.69) is 405 Å². The number of benzene rings is 16. The maximum Gasteiger partial charge on any atom is 0.252 e. The van der Waals surface area contributed by atoms with Crippen LogP contribution in [0.25, 0.3) is 138 Å². The normalized spacial score (nSPS) is 12.4. The molecule has 18 aromatic rings. The van der Waals surface area contributed by atoms with E-state index in [0.717, 1.165) is 162 Å². The monoisotopic (exact) mass is 1440 g/mol. The van der Waals surface area contributed by atoms with Crippen LogP contribution in [-0.4, -0.2) is 15.8 Å². The summed E-state index contributed by atoms with van der Waals surface area (Å²) in [6, 6.07) is 135. The van der Waals surface area contributed by atoms with E-state index in [-0.39, 0.29) is 17.5 Å². The van der Waals surface area contributed by atoms with Crippen LogP contribution >= 0.6 is 0 Å². The van der Waals surface area contributed by atoms with Gasteiger partial charge >= 0.3 is 0 Å². The summed E-state index contributed by atoms with van der Waals surface area (Å²) in [5.74, 6) is 0. The molecule has 0 saturated heterocycles. The summed E-state index contributed by atoms with van der Waals surface area (Å²) in [6.45, 7) is 21.6. The molecule has 20 rings (SSSR count). The minimum absolute atomic E-state index is 0.194. The molecule has 4 heterocycles. The van der Waals surface area contributed by atoms with Gasteiger partial charge in [0.05, 0.1) is 51.6 Å². The summed E-state index contributed by atoms with van der Waals surface area (Å²) in [5.41, 5.74) is 34.3. The molecule has 0 radical (unpaired) electrons. The topological polar surface area (TPSA) is 44.5 Å². The van der Waals surface area contributed by atoms with Crippen molar-refractivity contribution in [3.05, 3.63) is 386 Å². The zero-order valence-corrected chi connectivity index (χ0v) is 63.8. The molecule has 0 fully saturated rings. The van der Waals surface area contributed by atoms with Crippen molar-refractivity contribution in [1.82, 2.24) is 9.13 Å². The Morgan fingerprint density at radius 2 is 0.637 bits per heavy atom. The molecule has 2 aromatic heterocycles. The molecule has 0 atom stereocenters. The predicted octanol–water partition coefficient (Wildman–Crippen LogP) is 26.6. The predicted molar refractivity (Wildman–Crippen MR) is 476 cm³/mol. The molecular weight excluding hydrogens is 1370 g/mol. The van der Waals surface area contributed by atoms with Gasteiger partial charge in [0.25, 0.3) is 6.71 Å². The zero-order valence-electron chi connectivity index (χ0n) is 63.8. The Kier molecular flexibility index (Phi) is 16.2. The summed E-state index contributed by atoms with van der Waals surface area (Å²) >= 11 is 0. The average Bonchev–Trinajstić information content (AvgIpc) is 0.910. The molecule has 6 nitrogen and oxygen atoms in total. The fourth-order valence-corrected chi connectivity index (χ4v) is 17.9. The highest BCUT2D eigenvalue weighted by Crippen LogP contribution is 2.56. The lowest BCUT2D eigenvalue weighted by Gasteiger charge is -2.46. The van der Waals surface area contributed by atoms with Gasteiger partial charge in [-0.2, -0.15) is 5.26 Å². The van der Waals surface area contributed by atoms with Crippen LogP contribution in [0.15, 0.2) is 358 Å². The molecule has 2 aliphatic rings. The van der Waals surface area contributed by atoms with Gasteiger partial charge in [-0.05, 0) is 191 Å². The number of rotatable bonds is 11. The van der Waals surface area contributed by atoms with Gasteiger partial charge in [0.1, 0.15) is 0 Å². The van der Waals surface area contributed by atoms with Crippen LogP contribution < -0.4 is 26.2 Å². The van der Waals surface area contributed by atoms with E-state index in [9.17, 15) is 5.26 Å². The molecule has 7 heteroatoms. The van der Waals surface area contributed by atoms with E-state index in [1.165, 1.54) is 32.7 Å². The van der Waals surface area contributed by atoms with E-state index in [4.69, 9.17) is 6.57 Å². The van der Waals surface area contributed by atoms with Crippen molar-refractivity contribution in [2.24, 2.45) is 0 Å². The van der Waals surface area contributed by atoms with Gasteiger partial charge in [0, 0.05) is 77.9 Å². The fourth-order valence-electron chi connectivity index (χ4n) is 17.9. The Hall–Kier alpha value is -14.2. The van der Waals surface area contributed by atoms with Gasteiger partial charge < -0.3 is 18.9 Å². The van der Waals surface area contributed by atoms with E-state index in [1.807, 2.05) is 24.3 Å². The first-order chi connectivity index (χ1) is 55.2. The maximum atomic E-state index is 10.3. The van der Waals surface area contributed by atoms with Gasteiger partial charge in [0.2, 0.25) is 0 Å². The molecule has 0 N–H and O–H groups in total. The second-order valence-corrected chi connectivity index (χ2v) is 32.2. The summed E-state index contributed by atoms with van der Waals surface area (Å²) in [5, 5.41) is 15.0. The van der Waals surface area contributed by atoms with Crippen molar-refractivity contribution in [2.45, 2.75) is 52.4 Å². The van der Waals surface area contributed by atoms with E-state index in [0.29, 0.717) is 11.3 Å². The molecule has 0 amide bonds. The fraction of sp³-hybridized carbons (Fsp3) is 0.0755. The average molecular weight is 1450 g/mol. The quantitative estimate of drug-likeness (QED) is 0.0958. The van der Waals surface area contributed by atoms with Gasteiger partial charge in [0.15, 0.2) is 5.69 Å². The number of hydrogen-bond acceptors (Lipinski definition) is 3. The second kappa shape index (κ2) is 26.8. The van der Waals surface area contributed by atoms with Crippen molar-refractivity contribution >= 4 is 107 Å². The first-order valence-corrected chi connectivity index (χ1v) is 39.0. The molecule has 0 spiro atoms. The maximum absolute atomic E-state index is 10.3. The van der Waals surface area contributed by atoms with E-state index in [1.54, 1.807) is 0 Å². The van der Waals surface area contributed by atoms with Crippen LogP contribution in [-0.2, 0) is 10.8 Å². The van der Waals surface area contributed by atoms with Gasteiger partial charge in [-0.15, -0.1) is 0 Å². The summed E-state index contributed by atoms with van der Waals surface area (Å²) in [4.78, 5) is 9.23. The largest absolute Gasteiger partial charge is 0.310 e. The highest BCUT2D eigenvalue weighted by Gasteiger charge is 2.46. The number of hydrogen-bond donors (Lipinski definition) is 0. The van der Waals surface area contributed by atoms with Crippen LogP contribution in [0.4, 0.5) is 39.8 Å². The Bertz CT molecular complexity index is 6460. The summed E-state index contributed by atoms with van der Waals surface area (Å²) in [7, 11) is 0. The smallest absolute Gasteiger partial charge is 0.252 e. The van der Waals surface area contributed by atoms with Gasteiger partial charge in [-0.25, -0.2) is 4.85 Å². The van der Waals surface area contributed by atoms with E-state index >= 15 is 0 Å². The standard InChI is InChI=1S/C106H77BN6/c1-105(2,3)79-35-25-33-74(57-79)90-61-76(70-47-45-68(67-108)46-48-70)59-88(72-29-13-9-14-30-72)103(90)112-98-65-82(110-94-41-21-17-37-84(94)85-38-18-22-42-95(85)110)53-55-92(98)107-93-56-54-83(111-96-43-23-19-39-86(96)87-40-20-24-44-97(87)111)66-99(93)113(101-64-78(63-100(112)102(101)107)69-27-11-8-12-28-69)104-89(73-31-15-10-16-32-73)60-77(71-49-51-81(109-7)52-50-71)62-91(104)75-34-26-36-80(58-75)106(4,5)6/h8-66H,1-6H3. The third kappa shape index (κ3) is 11.5. The minimum atomic E-state index is -0.347. The van der Waals surface area contributed by atoms with Crippen molar-refractivity contribution in [2.75, 3.05) is 9.80 Å². The number of aromatic nitrogens is 2. The van der Waals surface area contributed by atoms with Crippen LogP contribution in [0.5, 0.6) is 0 Å². The van der Waals surface area contributed by atoms with Crippen molar-refractivity contribution in [3.63, 3.8) is 0 Å². The number of nitriles is 1. The highest BCUT2D eigenvalue weighted by atomic mass is 15.2. The third-order valence-corrected chi connectivity index (χ3v) is 23.4. The number of anilines is 6. The summed E-state index contributed by atoms with van der Waals surface area (Å²) < 4.78 is 4.95. The molecular formula is C106H77BN6. The van der Waals surface area contributed by atoms with Crippen LogP contribution in [0.1, 0.15) is 58.2 Å². The lowest BCUT2D eigenvalue weighted by molar-refractivity contribution is 0.590. The van der Waals surface area contributed by atoms with Gasteiger partial charge in [-0.1, -0.05) is 302 Å². The SMILES string of the molecule is [C-]#[N+]c1ccc(-c2cc(-c3ccccc3)c(N3c4cc(-n5c6ccccc6c6ccccc65)ccc4B4c5ccc(-n6c7ccccc7c7ccccc76)cc5N(c5c(-c6ccccc6)cc(-c6ccc(C#N)cc6)cc5-c5cccc(C(C)(C)C)c5)c5cc(-c6ccccc6)cc3c54)c(-c3cccc(C(C)(C)C)c3)c2)cc1. The van der Waals surface area contributed by atoms with Crippen molar-refractivity contribution in [1.29, 1.82) is 5.26 Å². The zero-order chi connectivity index (χ0) is 76.4. The van der Waals surface area contributed by atoms with Crippen molar-refractivity contribution < 1.29 is 0 Å². The molecule has 16 aromatic carbocycles.